The zero-order valence-electron chi connectivity index (χ0n) is 15.0. The van der Waals surface area contributed by atoms with Crippen LogP contribution in [0.3, 0.4) is 0 Å². The van der Waals surface area contributed by atoms with Crippen molar-refractivity contribution in [3.63, 3.8) is 0 Å². The number of benzene rings is 1. The molecule has 7 heteroatoms. The number of hydrogen-bond acceptors (Lipinski definition) is 6. The molecule has 0 aliphatic rings. The molecule has 0 saturated heterocycles. The van der Waals surface area contributed by atoms with Gasteiger partial charge in [-0.25, -0.2) is 4.98 Å². The minimum absolute atomic E-state index is 0.0480. The minimum atomic E-state index is -0.498. The van der Waals surface area contributed by atoms with E-state index in [1.165, 1.54) is 6.07 Å². The highest BCUT2D eigenvalue weighted by Crippen LogP contribution is 2.29. The lowest BCUT2D eigenvalue weighted by atomic mass is 10.1. The van der Waals surface area contributed by atoms with E-state index in [9.17, 15) is 10.1 Å². The molecule has 3 N–H and O–H groups in total. The van der Waals surface area contributed by atoms with Crippen molar-refractivity contribution in [3.8, 4) is 12.1 Å². The number of pyridine rings is 1. The van der Waals surface area contributed by atoms with Crippen LogP contribution in [0.2, 0.25) is 0 Å². The lowest BCUT2D eigenvalue weighted by Crippen LogP contribution is -2.23. The van der Waals surface area contributed by atoms with Gasteiger partial charge in [-0.3, -0.25) is 4.79 Å². The number of thioether (sulfide) groups is 1. The van der Waals surface area contributed by atoms with Crippen molar-refractivity contribution >= 4 is 29.2 Å². The van der Waals surface area contributed by atoms with Crippen molar-refractivity contribution in [1.29, 1.82) is 10.5 Å². The summed E-state index contributed by atoms with van der Waals surface area (Å²) < 4.78 is 0. The summed E-state index contributed by atoms with van der Waals surface area (Å²) in [6.07, 6.45) is 0. The summed E-state index contributed by atoms with van der Waals surface area (Å²) in [5, 5.41) is 21.0. The number of nitrogens with two attached hydrogens (primary N) is 1. The van der Waals surface area contributed by atoms with Crippen LogP contribution in [0.1, 0.15) is 34.7 Å². The van der Waals surface area contributed by atoms with Crippen LogP contribution in [0.4, 0.5) is 11.5 Å². The molecule has 1 heterocycles. The van der Waals surface area contributed by atoms with Crippen molar-refractivity contribution < 1.29 is 4.79 Å². The smallest absolute Gasteiger partial charge is 0.237 e. The number of nitrogens with one attached hydrogen (secondary N) is 1. The van der Waals surface area contributed by atoms with Gasteiger partial charge in [-0.2, -0.15) is 10.5 Å². The standard InChI is InChI=1S/C19H19N5OS/c1-10-5-11(2)16(12(3)6-10)23-18(25)13(4)26-19-15(9-21)7-14(8-20)17(22)24-19/h5-7,13H,1-4H3,(H2,22,24)(H,23,25)/t13-/m0/s1. The van der Waals surface area contributed by atoms with E-state index in [1.807, 2.05) is 45.0 Å². The van der Waals surface area contributed by atoms with Crippen LogP contribution < -0.4 is 11.1 Å². The summed E-state index contributed by atoms with van der Waals surface area (Å²) >= 11 is 1.14. The molecule has 0 aliphatic carbocycles. The minimum Gasteiger partial charge on any atom is -0.383 e. The Morgan fingerprint density at radius 2 is 1.73 bits per heavy atom. The number of aryl methyl sites for hydroxylation is 3. The van der Waals surface area contributed by atoms with Crippen LogP contribution in [0, 0.1) is 43.4 Å². The molecule has 132 valence electrons. The fourth-order valence-electron chi connectivity index (χ4n) is 2.59. The Morgan fingerprint density at radius 1 is 1.15 bits per heavy atom. The number of nitrogens with zero attached hydrogens (tertiary/aromatic N) is 3. The average molecular weight is 365 g/mol. The van der Waals surface area contributed by atoms with Gasteiger partial charge in [-0.05, 0) is 44.9 Å². The first-order chi connectivity index (χ1) is 12.3. The highest BCUT2D eigenvalue weighted by atomic mass is 32.2. The number of carbonyl (C=O) groups is 1. The first-order valence-corrected chi connectivity index (χ1v) is 8.80. The fourth-order valence-corrected chi connectivity index (χ4v) is 3.48. The van der Waals surface area contributed by atoms with Crippen LogP contribution in [0.25, 0.3) is 0 Å². The van der Waals surface area contributed by atoms with Crippen molar-refractivity contribution in [2.45, 2.75) is 38.0 Å². The third kappa shape index (κ3) is 4.14. The number of hydrogen-bond donors (Lipinski definition) is 2. The lowest BCUT2D eigenvalue weighted by Gasteiger charge is -2.16. The van der Waals surface area contributed by atoms with Crippen molar-refractivity contribution in [2.24, 2.45) is 0 Å². The van der Waals surface area contributed by atoms with E-state index in [0.717, 1.165) is 34.1 Å². The third-order valence-electron chi connectivity index (χ3n) is 3.84. The van der Waals surface area contributed by atoms with E-state index in [4.69, 9.17) is 11.0 Å². The molecule has 1 aromatic carbocycles. The number of rotatable bonds is 4. The summed E-state index contributed by atoms with van der Waals surface area (Å²) in [6.45, 7) is 7.64. The van der Waals surface area contributed by atoms with Crippen molar-refractivity contribution in [3.05, 3.63) is 46.0 Å². The molecule has 26 heavy (non-hydrogen) atoms. The zero-order valence-corrected chi connectivity index (χ0v) is 15.9. The van der Waals surface area contributed by atoms with Gasteiger partial charge in [-0.1, -0.05) is 29.5 Å². The number of anilines is 2. The Bertz CT molecular complexity index is 933. The van der Waals surface area contributed by atoms with E-state index < -0.39 is 5.25 Å². The largest absolute Gasteiger partial charge is 0.383 e. The Kier molecular flexibility index (Phi) is 5.86. The van der Waals surface area contributed by atoms with Gasteiger partial charge in [0.05, 0.1) is 16.4 Å². The molecule has 0 spiro atoms. The van der Waals surface area contributed by atoms with Gasteiger partial charge < -0.3 is 11.1 Å². The van der Waals surface area contributed by atoms with Gasteiger partial charge in [0.25, 0.3) is 0 Å². The SMILES string of the molecule is Cc1cc(C)c(NC(=O)[C@H](C)Sc2nc(N)c(C#N)cc2C#N)c(C)c1. The monoisotopic (exact) mass is 365 g/mol. The topological polar surface area (TPSA) is 116 Å². The van der Waals surface area contributed by atoms with E-state index in [-0.39, 0.29) is 22.9 Å². The Labute approximate surface area is 157 Å². The lowest BCUT2D eigenvalue weighted by molar-refractivity contribution is -0.115. The molecule has 0 bridgehead atoms. The van der Waals surface area contributed by atoms with Crippen LogP contribution in [0.5, 0.6) is 0 Å². The number of nitriles is 2. The normalized spacial score (nSPS) is 11.3. The van der Waals surface area contributed by atoms with Gasteiger partial charge in [0, 0.05) is 5.69 Å². The van der Waals surface area contributed by atoms with E-state index in [1.54, 1.807) is 6.92 Å². The van der Waals surface area contributed by atoms with E-state index in [0.29, 0.717) is 5.03 Å². The highest BCUT2D eigenvalue weighted by molar-refractivity contribution is 8.00. The second kappa shape index (κ2) is 7.90. The third-order valence-corrected chi connectivity index (χ3v) is 4.94. The predicted molar refractivity (Wildman–Crippen MR) is 103 cm³/mol. The fraction of sp³-hybridized carbons (Fsp3) is 0.263. The molecule has 0 unspecified atom stereocenters. The molecule has 1 amide bonds. The molecule has 0 saturated carbocycles. The molecule has 0 aliphatic heterocycles. The second-order valence-corrected chi connectivity index (χ2v) is 7.35. The number of aromatic nitrogens is 1. The molecule has 0 radical (unpaired) electrons. The van der Waals surface area contributed by atoms with Crippen LogP contribution in [-0.2, 0) is 4.79 Å². The summed E-state index contributed by atoms with van der Waals surface area (Å²) in [5.41, 5.74) is 10.0. The van der Waals surface area contributed by atoms with Crippen molar-refractivity contribution in [2.75, 3.05) is 11.1 Å². The van der Waals surface area contributed by atoms with Crippen LogP contribution >= 0.6 is 11.8 Å². The van der Waals surface area contributed by atoms with Gasteiger partial charge >= 0.3 is 0 Å². The second-order valence-electron chi connectivity index (χ2n) is 6.02. The molecular weight excluding hydrogens is 346 g/mol. The summed E-state index contributed by atoms with van der Waals surface area (Å²) in [7, 11) is 0. The van der Waals surface area contributed by atoms with Crippen LogP contribution in [-0.4, -0.2) is 16.1 Å². The maximum absolute atomic E-state index is 12.6. The summed E-state index contributed by atoms with van der Waals surface area (Å²) in [5.74, 6) is -0.148. The number of amides is 1. The van der Waals surface area contributed by atoms with E-state index >= 15 is 0 Å². The van der Waals surface area contributed by atoms with Gasteiger partial charge in [0.1, 0.15) is 23.0 Å². The Balaban J connectivity index is 2.22. The molecule has 2 rings (SSSR count). The van der Waals surface area contributed by atoms with E-state index in [2.05, 4.69) is 10.3 Å². The quantitative estimate of drug-likeness (QED) is 0.802. The number of nitrogen functional groups attached to an aromatic ring is 1. The number of carbonyl (C=O) groups excluding carboxylic acids is 1. The van der Waals surface area contributed by atoms with Crippen LogP contribution in [0.15, 0.2) is 23.2 Å². The average Bonchev–Trinajstić information content (AvgIpc) is 2.58. The maximum atomic E-state index is 12.6. The van der Waals surface area contributed by atoms with Gasteiger partial charge in [0.2, 0.25) is 5.91 Å². The molecule has 0 fully saturated rings. The summed E-state index contributed by atoms with van der Waals surface area (Å²) in [6, 6.07) is 9.30. The predicted octanol–water partition coefficient (Wildman–Crippen LogP) is 3.45. The maximum Gasteiger partial charge on any atom is 0.237 e. The van der Waals surface area contributed by atoms with Crippen molar-refractivity contribution in [1.82, 2.24) is 4.98 Å². The molecular formula is C19H19N5OS. The Hall–Kier alpha value is -3.03. The Morgan fingerprint density at radius 3 is 2.27 bits per heavy atom. The molecule has 6 nitrogen and oxygen atoms in total. The first-order valence-electron chi connectivity index (χ1n) is 7.93. The summed E-state index contributed by atoms with van der Waals surface area (Å²) in [4.78, 5) is 16.7. The zero-order chi connectivity index (χ0) is 19.4. The molecule has 1 aromatic heterocycles. The molecule has 2 aromatic rings. The first kappa shape index (κ1) is 19.3. The van der Waals surface area contributed by atoms with Gasteiger partial charge in [0.15, 0.2) is 0 Å². The molecule has 1 atom stereocenters. The van der Waals surface area contributed by atoms with Gasteiger partial charge in [-0.15, -0.1) is 0 Å². The highest BCUT2D eigenvalue weighted by Gasteiger charge is 2.20.